The van der Waals surface area contributed by atoms with Gasteiger partial charge in [-0.1, -0.05) is 49.4 Å². The molecule has 0 aliphatic heterocycles. The number of fused-ring (bicyclic) bond motifs is 1. The van der Waals surface area contributed by atoms with Gasteiger partial charge in [0.25, 0.3) is 0 Å². The number of amides is 1. The average molecular weight is 542 g/mol. The normalized spacial score (nSPS) is 11.5. The number of likely N-dealkylation sites (N-methyl/N-ethyl adjacent to an activating group) is 1. The molecule has 0 N–H and O–H groups in total. The van der Waals surface area contributed by atoms with Gasteiger partial charge in [-0.25, -0.2) is 13.4 Å². The highest BCUT2D eigenvalue weighted by molar-refractivity contribution is 7.98. The monoisotopic (exact) mass is 541 g/mol. The lowest BCUT2D eigenvalue weighted by Gasteiger charge is -2.24. The molecular weight excluding hydrogens is 510 g/mol. The van der Waals surface area contributed by atoms with E-state index >= 15 is 0 Å². The van der Waals surface area contributed by atoms with Crippen LogP contribution in [0.3, 0.4) is 0 Å². The van der Waals surface area contributed by atoms with Gasteiger partial charge in [-0.15, -0.1) is 24.2 Å². The average Bonchev–Trinajstić information content (AvgIpc) is 3.26. The topological polar surface area (TPSA) is 70.6 Å². The number of benzene rings is 2. The first kappa shape index (κ1) is 28.6. The zero-order valence-corrected chi connectivity index (χ0v) is 23.0. The molecule has 186 valence electrons. The van der Waals surface area contributed by atoms with Crippen LogP contribution < -0.4 is 4.90 Å². The molecule has 0 unspecified atom stereocenters. The number of para-hydroxylation sites is 1. The fourth-order valence-electron chi connectivity index (χ4n) is 3.59. The Balaban J connectivity index is 0.00000408. The summed E-state index contributed by atoms with van der Waals surface area (Å²) in [5.74, 6) is -0.140. The Morgan fingerprint density at radius 2 is 1.74 bits per heavy atom. The summed E-state index contributed by atoms with van der Waals surface area (Å²) in [6.07, 6.45) is 2.46. The third-order valence-corrected chi connectivity index (χ3v) is 9.19. The van der Waals surface area contributed by atoms with E-state index in [4.69, 9.17) is 4.98 Å². The Kier molecular flexibility index (Phi) is 11.3. The first-order chi connectivity index (χ1) is 15.9. The highest BCUT2D eigenvalue weighted by Gasteiger charge is 2.22. The minimum absolute atomic E-state index is 0. The van der Waals surface area contributed by atoms with Crippen molar-refractivity contribution in [1.29, 1.82) is 0 Å². The molecule has 34 heavy (non-hydrogen) atoms. The van der Waals surface area contributed by atoms with Gasteiger partial charge in [-0.3, -0.25) is 9.69 Å². The van der Waals surface area contributed by atoms with Gasteiger partial charge in [0.1, 0.15) is 0 Å². The van der Waals surface area contributed by atoms with Crippen LogP contribution in [0.25, 0.3) is 10.2 Å². The third-order valence-electron chi connectivity index (χ3n) is 5.56. The van der Waals surface area contributed by atoms with E-state index in [1.807, 2.05) is 24.5 Å². The van der Waals surface area contributed by atoms with Crippen LogP contribution in [-0.4, -0.2) is 62.4 Å². The molecule has 0 spiro atoms. The molecule has 1 heterocycles. The van der Waals surface area contributed by atoms with Crippen molar-refractivity contribution >= 4 is 66.6 Å². The number of carbonyl (C=O) groups is 1. The van der Waals surface area contributed by atoms with Crippen molar-refractivity contribution in [3.63, 3.8) is 0 Å². The van der Waals surface area contributed by atoms with Crippen LogP contribution >= 0.6 is 35.5 Å². The van der Waals surface area contributed by atoms with E-state index in [1.54, 1.807) is 47.0 Å². The molecule has 10 heteroatoms. The van der Waals surface area contributed by atoms with Crippen molar-refractivity contribution in [3.8, 4) is 0 Å². The van der Waals surface area contributed by atoms with Crippen LogP contribution in [0.5, 0.6) is 0 Å². The van der Waals surface area contributed by atoms with E-state index in [9.17, 15) is 13.2 Å². The predicted octanol–water partition coefficient (Wildman–Crippen LogP) is 5.37. The van der Waals surface area contributed by atoms with Gasteiger partial charge in [-0.05, 0) is 50.0 Å². The van der Waals surface area contributed by atoms with Crippen molar-refractivity contribution in [2.75, 3.05) is 43.1 Å². The molecule has 6 nitrogen and oxygen atoms in total. The number of sulfone groups is 1. The fraction of sp³-hybridized carbons (Fsp3) is 0.417. The van der Waals surface area contributed by atoms with Crippen LogP contribution in [0, 0.1) is 0 Å². The number of anilines is 1. The molecule has 0 fully saturated rings. The number of nitrogens with zero attached hydrogens (tertiary/aromatic N) is 3. The van der Waals surface area contributed by atoms with Crippen molar-refractivity contribution in [2.24, 2.45) is 0 Å². The smallest absolute Gasteiger partial charge is 0.228 e. The number of thioether (sulfide) groups is 1. The van der Waals surface area contributed by atoms with Crippen LogP contribution in [0.15, 0.2) is 58.3 Å². The molecule has 1 amide bonds. The molecule has 0 saturated heterocycles. The number of thiazole rings is 1. The Bertz CT molecular complexity index is 1170. The van der Waals surface area contributed by atoms with Crippen LogP contribution in [-0.2, 0) is 14.6 Å². The first-order valence-corrected chi connectivity index (χ1v) is 14.8. The van der Waals surface area contributed by atoms with Crippen molar-refractivity contribution in [3.05, 3.63) is 48.5 Å². The summed E-state index contributed by atoms with van der Waals surface area (Å²) < 4.78 is 26.2. The molecule has 1 aromatic heterocycles. The lowest BCUT2D eigenvalue weighted by atomic mass is 10.3. The van der Waals surface area contributed by atoms with Gasteiger partial charge in [0.15, 0.2) is 15.0 Å². The zero-order valence-electron chi connectivity index (χ0n) is 19.8. The summed E-state index contributed by atoms with van der Waals surface area (Å²) in [6.45, 7) is 7.29. The Labute approximate surface area is 217 Å². The lowest BCUT2D eigenvalue weighted by molar-refractivity contribution is -0.118. The highest BCUT2D eigenvalue weighted by atomic mass is 35.5. The van der Waals surface area contributed by atoms with Gasteiger partial charge in [0.05, 0.1) is 20.9 Å². The number of halogens is 1. The standard InChI is InChI=1S/C24H31N3O3S3.ClH/c1-4-26(5-2)16-17-27(24-25-23-20(31-3)13-9-14-21(23)32-24)22(28)15-10-18-33(29,30)19-11-7-6-8-12-19;/h6-9,11-14H,4-5,10,15-18H2,1-3H3;1H. The number of carbonyl (C=O) groups excluding carboxylic acids is 1. The summed E-state index contributed by atoms with van der Waals surface area (Å²) in [7, 11) is -3.40. The molecule has 0 atom stereocenters. The molecule has 0 aliphatic carbocycles. The van der Waals surface area contributed by atoms with Gasteiger partial charge in [0.2, 0.25) is 5.91 Å². The fourth-order valence-corrected chi connectivity index (χ4v) is 6.59. The third kappa shape index (κ3) is 7.18. The zero-order chi connectivity index (χ0) is 23.8. The quantitative estimate of drug-likeness (QED) is 0.287. The summed E-state index contributed by atoms with van der Waals surface area (Å²) in [4.78, 5) is 23.4. The number of rotatable bonds is 12. The summed E-state index contributed by atoms with van der Waals surface area (Å²) in [6, 6.07) is 14.5. The predicted molar refractivity (Wildman–Crippen MR) is 147 cm³/mol. The molecule has 0 bridgehead atoms. The van der Waals surface area contributed by atoms with Crippen LogP contribution in [0.1, 0.15) is 26.7 Å². The highest BCUT2D eigenvalue weighted by Crippen LogP contribution is 2.34. The SMILES string of the molecule is CCN(CC)CCN(C(=O)CCCS(=O)(=O)c1ccccc1)c1nc2c(SC)cccc2s1.Cl. The second-order valence-electron chi connectivity index (χ2n) is 7.61. The minimum Gasteiger partial charge on any atom is -0.302 e. The van der Waals surface area contributed by atoms with E-state index in [0.717, 1.165) is 34.7 Å². The van der Waals surface area contributed by atoms with Gasteiger partial charge in [0, 0.05) is 24.4 Å². The largest absolute Gasteiger partial charge is 0.302 e. The van der Waals surface area contributed by atoms with Crippen LogP contribution in [0.2, 0.25) is 0 Å². The second-order valence-corrected chi connectivity index (χ2v) is 11.6. The first-order valence-electron chi connectivity index (χ1n) is 11.1. The van der Waals surface area contributed by atoms with Crippen molar-refractivity contribution in [2.45, 2.75) is 36.5 Å². The van der Waals surface area contributed by atoms with E-state index in [-0.39, 0.29) is 36.9 Å². The molecule has 3 rings (SSSR count). The summed E-state index contributed by atoms with van der Waals surface area (Å²) in [5, 5.41) is 0.676. The van der Waals surface area contributed by atoms with E-state index in [2.05, 4.69) is 18.7 Å². The van der Waals surface area contributed by atoms with Crippen molar-refractivity contribution < 1.29 is 13.2 Å². The lowest BCUT2D eigenvalue weighted by Crippen LogP contribution is -2.38. The summed E-state index contributed by atoms with van der Waals surface area (Å²) in [5.41, 5.74) is 0.914. The number of aromatic nitrogens is 1. The van der Waals surface area contributed by atoms with E-state index in [1.165, 1.54) is 11.3 Å². The molecule has 0 saturated carbocycles. The molecular formula is C24H32ClN3O3S3. The maximum Gasteiger partial charge on any atom is 0.228 e. The maximum absolute atomic E-state index is 13.3. The van der Waals surface area contributed by atoms with Gasteiger partial charge >= 0.3 is 0 Å². The molecule has 0 aliphatic rings. The van der Waals surface area contributed by atoms with E-state index in [0.29, 0.717) is 16.6 Å². The minimum atomic E-state index is -3.40. The van der Waals surface area contributed by atoms with Crippen molar-refractivity contribution in [1.82, 2.24) is 9.88 Å². The number of hydrogen-bond acceptors (Lipinski definition) is 7. The molecule has 2 aromatic carbocycles. The molecule has 3 aromatic rings. The molecule has 0 radical (unpaired) electrons. The van der Waals surface area contributed by atoms with Gasteiger partial charge < -0.3 is 4.90 Å². The number of hydrogen-bond donors (Lipinski definition) is 0. The summed E-state index contributed by atoms with van der Waals surface area (Å²) >= 11 is 3.15. The van der Waals surface area contributed by atoms with Crippen LogP contribution in [0.4, 0.5) is 5.13 Å². The second kappa shape index (κ2) is 13.4. The van der Waals surface area contributed by atoms with Gasteiger partial charge in [-0.2, -0.15) is 0 Å². The Morgan fingerprint density at radius 3 is 2.38 bits per heavy atom. The van der Waals surface area contributed by atoms with E-state index < -0.39 is 9.84 Å². The Hall–Kier alpha value is -1.65. The Morgan fingerprint density at radius 1 is 1.03 bits per heavy atom. The maximum atomic E-state index is 13.3.